The highest BCUT2D eigenvalue weighted by Gasteiger charge is 2.44. The number of anilines is 1. The van der Waals surface area contributed by atoms with E-state index in [9.17, 15) is 30.7 Å². The fourth-order valence-electron chi connectivity index (χ4n) is 3.18. The Balaban J connectivity index is 1.83. The summed E-state index contributed by atoms with van der Waals surface area (Å²) >= 11 is 0. The normalized spacial score (nSPS) is 12.0. The summed E-state index contributed by atoms with van der Waals surface area (Å²) in [5.74, 6) is 0.399. The van der Waals surface area contributed by atoms with Crippen LogP contribution in [0.15, 0.2) is 72.8 Å². The third kappa shape index (κ3) is 8.08. The van der Waals surface area contributed by atoms with Gasteiger partial charge in [-0.1, -0.05) is 35.9 Å². The number of hydrogen-bond donors (Lipinski definition) is 0. The quantitative estimate of drug-likeness (QED) is 0.263. The van der Waals surface area contributed by atoms with E-state index in [1.807, 2.05) is 19.1 Å². The Kier molecular flexibility index (Phi) is 8.14. The molecule has 3 nitrogen and oxygen atoms in total. The molecule has 0 bridgehead atoms. The Morgan fingerprint density at radius 3 is 2.11 bits per heavy atom. The third-order valence-corrected chi connectivity index (χ3v) is 4.88. The molecular formula is C25H22F7NO2. The highest BCUT2D eigenvalue weighted by atomic mass is 19.4. The van der Waals surface area contributed by atoms with Crippen LogP contribution in [0.4, 0.5) is 36.4 Å². The molecule has 0 N–H and O–H groups in total. The van der Waals surface area contributed by atoms with E-state index >= 15 is 0 Å². The molecule has 10 heteroatoms. The largest absolute Gasteiger partial charge is 0.461 e. The average Bonchev–Trinajstić information content (AvgIpc) is 2.77. The van der Waals surface area contributed by atoms with E-state index in [1.165, 1.54) is 17.0 Å². The number of aryl methyl sites for hydroxylation is 1. The zero-order valence-corrected chi connectivity index (χ0v) is 18.5. The summed E-state index contributed by atoms with van der Waals surface area (Å²) in [4.78, 5) is 1.39. The molecule has 0 aliphatic carbocycles. The highest BCUT2D eigenvalue weighted by Crippen LogP contribution is 2.31. The minimum absolute atomic E-state index is 0.123. The van der Waals surface area contributed by atoms with E-state index in [-0.39, 0.29) is 6.54 Å². The van der Waals surface area contributed by atoms with E-state index < -0.39 is 37.4 Å². The number of ether oxygens (including phenoxy) is 2. The van der Waals surface area contributed by atoms with E-state index in [0.29, 0.717) is 22.7 Å². The molecule has 0 saturated heterocycles. The Bertz CT molecular complexity index is 1100. The van der Waals surface area contributed by atoms with Crippen LogP contribution in [-0.2, 0) is 6.54 Å². The van der Waals surface area contributed by atoms with Gasteiger partial charge < -0.3 is 14.4 Å². The van der Waals surface area contributed by atoms with Crippen LogP contribution < -0.4 is 14.4 Å². The maximum Gasteiger partial charge on any atom is 0.461 e. The summed E-state index contributed by atoms with van der Waals surface area (Å²) in [6.07, 6.45) is -14.3. The van der Waals surface area contributed by atoms with Crippen molar-refractivity contribution in [2.45, 2.75) is 38.6 Å². The van der Waals surface area contributed by atoms with Gasteiger partial charge in [0.2, 0.25) is 0 Å². The van der Waals surface area contributed by atoms with Crippen molar-refractivity contribution in [2.75, 3.05) is 11.4 Å². The Morgan fingerprint density at radius 1 is 0.800 bits per heavy atom. The summed E-state index contributed by atoms with van der Waals surface area (Å²) in [5.41, 5.74) is 1.71. The molecule has 0 radical (unpaired) electrons. The van der Waals surface area contributed by atoms with Crippen LogP contribution in [0.2, 0.25) is 0 Å². The molecule has 0 aliphatic rings. The number of benzene rings is 3. The predicted octanol–water partition coefficient (Wildman–Crippen LogP) is 7.98. The Hall–Kier alpha value is -3.43. The molecule has 3 aromatic carbocycles. The molecule has 0 spiro atoms. The van der Waals surface area contributed by atoms with Gasteiger partial charge in [-0.3, -0.25) is 0 Å². The average molecular weight is 501 g/mol. The maximum absolute atomic E-state index is 13.3. The van der Waals surface area contributed by atoms with Gasteiger partial charge in [0.05, 0.1) is 6.42 Å². The van der Waals surface area contributed by atoms with Crippen LogP contribution in [0.25, 0.3) is 0 Å². The molecule has 0 atom stereocenters. The van der Waals surface area contributed by atoms with Gasteiger partial charge in [0.25, 0.3) is 0 Å². The van der Waals surface area contributed by atoms with Crippen molar-refractivity contribution >= 4 is 5.69 Å². The van der Waals surface area contributed by atoms with Gasteiger partial charge in [-0.2, -0.15) is 30.7 Å². The van der Waals surface area contributed by atoms with Gasteiger partial charge >= 0.3 is 18.7 Å². The van der Waals surface area contributed by atoms with Gasteiger partial charge in [0, 0.05) is 24.8 Å². The lowest BCUT2D eigenvalue weighted by molar-refractivity contribution is -0.253. The van der Waals surface area contributed by atoms with E-state index in [4.69, 9.17) is 4.74 Å². The number of rotatable bonds is 10. The van der Waals surface area contributed by atoms with Gasteiger partial charge in [-0.25, -0.2) is 0 Å². The maximum atomic E-state index is 13.3. The molecule has 0 heterocycles. The standard InChI is InChI=1S/C25H22F7NO2/c1-17-8-10-20(11-9-17)34-21-6-3-5-19(15-21)33(13-12-24(28,29)30)16-18-4-2-7-22(14-18)35-25(31,32)23(26)27/h2-11,14-15,23H,12-13,16H2,1H3. The van der Waals surface area contributed by atoms with Crippen LogP contribution in [0, 0.1) is 6.92 Å². The minimum Gasteiger partial charge on any atom is -0.457 e. The summed E-state index contributed by atoms with van der Waals surface area (Å²) in [6.45, 7) is 1.36. The fraction of sp³-hybridized carbons (Fsp3) is 0.280. The minimum atomic E-state index is -4.70. The van der Waals surface area contributed by atoms with Crippen molar-refractivity contribution in [3.8, 4) is 17.2 Å². The zero-order valence-electron chi connectivity index (χ0n) is 18.5. The van der Waals surface area contributed by atoms with E-state index in [0.717, 1.165) is 17.7 Å². The topological polar surface area (TPSA) is 21.7 Å². The van der Waals surface area contributed by atoms with Gasteiger partial charge in [0.15, 0.2) is 0 Å². The first kappa shape index (κ1) is 26.2. The molecular weight excluding hydrogens is 479 g/mol. The second kappa shape index (κ2) is 10.9. The predicted molar refractivity (Wildman–Crippen MR) is 117 cm³/mol. The molecule has 3 aromatic rings. The van der Waals surface area contributed by atoms with Crippen LogP contribution in [0.5, 0.6) is 17.2 Å². The second-order valence-electron chi connectivity index (χ2n) is 7.81. The second-order valence-corrected chi connectivity index (χ2v) is 7.81. The smallest absolute Gasteiger partial charge is 0.457 e. The summed E-state index contributed by atoms with van der Waals surface area (Å²) in [5, 5.41) is 0. The molecule has 0 fully saturated rings. The fourth-order valence-corrected chi connectivity index (χ4v) is 3.18. The molecule has 35 heavy (non-hydrogen) atoms. The van der Waals surface area contributed by atoms with Gasteiger partial charge in [-0.05, 0) is 48.9 Å². The number of halogens is 7. The van der Waals surface area contributed by atoms with Crippen LogP contribution >= 0.6 is 0 Å². The SMILES string of the molecule is Cc1ccc(Oc2cccc(N(CCC(F)(F)F)Cc3cccc(OC(F)(F)C(F)F)c3)c2)cc1. The lowest BCUT2D eigenvalue weighted by Gasteiger charge is -2.26. The highest BCUT2D eigenvalue weighted by molar-refractivity contribution is 5.52. The Morgan fingerprint density at radius 2 is 1.46 bits per heavy atom. The summed E-state index contributed by atoms with van der Waals surface area (Å²) in [6, 6.07) is 18.5. The van der Waals surface area contributed by atoms with Crippen molar-refractivity contribution in [1.29, 1.82) is 0 Å². The first-order valence-corrected chi connectivity index (χ1v) is 10.5. The summed E-state index contributed by atoms with van der Waals surface area (Å²) < 4.78 is 100. The molecule has 188 valence electrons. The molecule has 0 unspecified atom stereocenters. The number of nitrogens with zero attached hydrogens (tertiary/aromatic N) is 1. The van der Waals surface area contributed by atoms with Gasteiger partial charge in [-0.15, -0.1) is 0 Å². The first-order chi connectivity index (χ1) is 16.4. The zero-order chi connectivity index (χ0) is 25.6. The molecule has 0 amide bonds. The molecule has 0 saturated carbocycles. The van der Waals surface area contributed by atoms with Gasteiger partial charge in [0.1, 0.15) is 17.2 Å². The summed E-state index contributed by atoms with van der Waals surface area (Å²) in [7, 11) is 0. The lowest BCUT2D eigenvalue weighted by Crippen LogP contribution is -2.33. The van der Waals surface area contributed by atoms with Crippen molar-refractivity contribution < 1.29 is 40.2 Å². The van der Waals surface area contributed by atoms with Crippen molar-refractivity contribution in [1.82, 2.24) is 0 Å². The van der Waals surface area contributed by atoms with Crippen LogP contribution in [0.1, 0.15) is 17.5 Å². The van der Waals surface area contributed by atoms with E-state index in [2.05, 4.69) is 4.74 Å². The number of hydrogen-bond acceptors (Lipinski definition) is 3. The monoisotopic (exact) mass is 501 g/mol. The molecule has 0 aliphatic heterocycles. The third-order valence-electron chi connectivity index (χ3n) is 4.88. The molecule has 3 rings (SSSR count). The van der Waals surface area contributed by atoms with Crippen LogP contribution in [-0.4, -0.2) is 25.3 Å². The van der Waals surface area contributed by atoms with E-state index in [1.54, 1.807) is 36.4 Å². The van der Waals surface area contributed by atoms with Crippen molar-refractivity contribution in [3.63, 3.8) is 0 Å². The van der Waals surface area contributed by atoms with Crippen molar-refractivity contribution in [3.05, 3.63) is 83.9 Å². The Labute approximate surface area is 197 Å². The first-order valence-electron chi connectivity index (χ1n) is 10.5. The number of alkyl halides is 7. The lowest BCUT2D eigenvalue weighted by atomic mass is 10.1. The molecule has 0 aromatic heterocycles. The van der Waals surface area contributed by atoms with Crippen molar-refractivity contribution in [2.24, 2.45) is 0 Å². The van der Waals surface area contributed by atoms with Crippen LogP contribution in [0.3, 0.4) is 0 Å².